The van der Waals surface area contributed by atoms with Crippen LogP contribution in [-0.4, -0.2) is 21.0 Å². The minimum absolute atomic E-state index is 0.116. The lowest BCUT2D eigenvalue weighted by Crippen LogP contribution is -1.97. The van der Waals surface area contributed by atoms with Gasteiger partial charge in [-0.15, -0.1) is 22.7 Å². The fourth-order valence-corrected chi connectivity index (χ4v) is 3.11. The highest BCUT2D eigenvalue weighted by molar-refractivity contribution is 7.11. The molecule has 0 saturated carbocycles. The molecule has 0 fully saturated rings. The Morgan fingerprint density at radius 1 is 1.29 bits per heavy atom. The van der Waals surface area contributed by atoms with Crippen LogP contribution in [0.1, 0.15) is 46.0 Å². The molecule has 90 valence electrons. The number of thiazole rings is 2. The van der Waals surface area contributed by atoms with E-state index < -0.39 is 5.97 Å². The van der Waals surface area contributed by atoms with Crippen LogP contribution in [0.15, 0.2) is 10.8 Å². The minimum atomic E-state index is -0.977. The Morgan fingerprint density at radius 3 is 2.47 bits per heavy atom. The molecule has 0 aliphatic heterocycles. The van der Waals surface area contributed by atoms with E-state index in [0.717, 1.165) is 15.7 Å². The number of aromatic carboxylic acids is 1. The SMILES string of the molecule is CC(C)c1csc(Cc2nc(C(=O)O)cs2)n1. The third kappa shape index (κ3) is 2.89. The second-order valence-electron chi connectivity index (χ2n) is 3.93. The first-order chi connectivity index (χ1) is 8.06. The average Bonchev–Trinajstić information content (AvgIpc) is 2.87. The number of carboxylic acid groups (broad SMARTS) is 1. The van der Waals surface area contributed by atoms with Crippen LogP contribution >= 0.6 is 22.7 Å². The van der Waals surface area contributed by atoms with Crippen LogP contribution in [0.5, 0.6) is 0 Å². The quantitative estimate of drug-likeness (QED) is 0.925. The third-order valence-electron chi connectivity index (χ3n) is 2.23. The van der Waals surface area contributed by atoms with Gasteiger partial charge in [0.05, 0.1) is 17.1 Å². The highest BCUT2D eigenvalue weighted by atomic mass is 32.1. The topological polar surface area (TPSA) is 63.1 Å². The summed E-state index contributed by atoms with van der Waals surface area (Å²) in [4.78, 5) is 19.2. The average molecular weight is 268 g/mol. The summed E-state index contributed by atoms with van der Waals surface area (Å²) in [5.41, 5.74) is 1.20. The molecule has 2 aromatic rings. The molecule has 2 aromatic heterocycles. The van der Waals surface area contributed by atoms with E-state index >= 15 is 0 Å². The molecule has 2 rings (SSSR count). The van der Waals surface area contributed by atoms with E-state index in [1.807, 2.05) is 5.38 Å². The molecule has 6 heteroatoms. The number of carbonyl (C=O) groups is 1. The molecule has 0 saturated heterocycles. The lowest BCUT2D eigenvalue weighted by Gasteiger charge is -1.96. The molecule has 0 unspecified atom stereocenters. The maximum atomic E-state index is 10.7. The summed E-state index contributed by atoms with van der Waals surface area (Å²) in [6.45, 7) is 4.20. The van der Waals surface area contributed by atoms with Crippen LogP contribution in [-0.2, 0) is 6.42 Å². The summed E-state index contributed by atoms with van der Waals surface area (Å²) in [7, 11) is 0. The molecule has 0 bridgehead atoms. The van der Waals surface area contributed by atoms with Crippen molar-refractivity contribution in [3.63, 3.8) is 0 Å². The van der Waals surface area contributed by atoms with E-state index in [9.17, 15) is 4.79 Å². The highest BCUT2D eigenvalue weighted by Gasteiger charge is 2.11. The Balaban J connectivity index is 2.11. The Kier molecular flexibility index (Phi) is 3.54. The smallest absolute Gasteiger partial charge is 0.355 e. The number of nitrogens with zero attached hydrogens (tertiary/aromatic N) is 2. The van der Waals surface area contributed by atoms with Gasteiger partial charge in [0.2, 0.25) is 0 Å². The summed E-state index contributed by atoms with van der Waals surface area (Å²) in [6, 6.07) is 0. The summed E-state index contributed by atoms with van der Waals surface area (Å²) in [5.74, 6) is -0.555. The predicted octanol–water partition coefficient (Wildman–Crippen LogP) is 3.01. The predicted molar refractivity (Wildman–Crippen MR) is 68.1 cm³/mol. The molecular weight excluding hydrogens is 256 g/mol. The van der Waals surface area contributed by atoms with Gasteiger partial charge in [-0.05, 0) is 5.92 Å². The number of hydrogen-bond acceptors (Lipinski definition) is 5. The first-order valence-corrected chi connectivity index (χ1v) is 6.94. The van der Waals surface area contributed by atoms with Crippen LogP contribution in [0.25, 0.3) is 0 Å². The van der Waals surface area contributed by atoms with Crippen LogP contribution in [0, 0.1) is 0 Å². The maximum Gasteiger partial charge on any atom is 0.355 e. The van der Waals surface area contributed by atoms with Gasteiger partial charge < -0.3 is 5.11 Å². The number of rotatable bonds is 4. The van der Waals surface area contributed by atoms with E-state index in [-0.39, 0.29) is 5.69 Å². The Bertz CT molecular complexity index is 531. The summed E-state index contributed by atoms with van der Waals surface area (Å²) >= 11 is 2.96. The molecule has 0 aliphatic rings. The third-order valence-corrected chi connectivity index (χ3v) is 3.95. The number of hydrogen-bond donors (Lipinski definition) is 1. The molecule has 0 aliphatic carbocycles. The van der Waals surface area contributed by atoms with Crippen molar-refractivity contribution in [1.82, 2.24) is 9.97 Å². The number of aromatic nitrogens is 2. The van der Waals surface area contributed by atoms with Crippen LogP contribution < -0.4 is 0 Å². The summed E-state index contributed by atoms with van der Waals surface area (Å²) < 4.78 is 0. The summed E-state index contributed by atoms with van der Waals surface area (Å²) in [5, 5.41) is 14.2. The van der Waals surface area contributed by atoms with Gasteiger partial charge in [0.25, 0.3) is 0 Å². The lowest BCUT2D eigenvalue weighted by molar-refractivity contribution is 0.0691. The van der Waals surface area contributed by atoms with Gasteiger partial charge in [-0.1, -0.05) is 13.8 Å². The van der Waals surface area contributed by atoms with Crippen molar-refractivity contribution >= 4 is 28.6 Å². The normalized spacial score (nSPS) is 11.0. The van der Waals surface area contributed by atoms with Crippen LogP contribution in [0.3, 0.4) is 0 Å². The fraction of sp³-hybridized carbons (Fsp3) is 0.364. The van der Waals surface area contributed by atoms with Gasteiger partial charge in [0.1, 0.15) is 5.01 Å². The largest absolute Gasteiger partial charge is 0.476 e. The molecule has 0 spiro atoms. The zero-order chi connectivity index (χ0) is 12.4. The molecule has 17 heavy (non-hydrogen) atoms. The van der Waals surface area contributed by atoms with Crippen LogP contribution in [0.2, 0.25) is 0 Å². The second-order valence-corrected chi connectivity index (χ2v) is 5.81. The van der Waals surface area contributed by atoms with Gasteiger partial charge >= 0.3 is 5.97 Å². The molecule has 4 nitrogen and oxygen atoms in total. The monoisotopic (exact) mass is 268 g/mol. The van der Waals surface area contributed by atoms with E-state index in [1.165, 1.54) is 11.3 Å². The Hall–Kier alpha value is -1.27. The van der Waals surface area contributed by atoms with Crippen molar-refractivity contribution in [2.24, 2.45) is 0 Å². The minimum Gasteiger partial charge on any atom is -0.476 e. The highest BCUT2D eigenvalue weighted by Crippen LogP contribution is 2.21. The zero-order valence-corrected chi connectivity index (χ0v) is 11.1. The molecule has 0 aromatic carbocycles. The number of carboxylic acids is 1. The Labute approximate surface area is 107 Å². The standard InChI is InChI=1S/C11H12N2O2S2/c1-6(2)7-4-16-9(12-7)3-10-13-8(5-17-10)11(14)15/h4-6H,3H2,1-2H3,(H,14,15). The fourth-order valence-electron chi connectivity index (χ4n) is 1.29. The van der Waals surface area contributed by atoms with Crippen LogP contribution in [0.4, 0.5) is 0 Å². The van der Waals surface area contributed by atoms with E-state index in [1.54, 1.807) is 16.7 Å². The van der Waals surface area contributed by atoms with Gasteiger partial charge in [-0.25, -0.2) is 14.8 Å². The zero-order valence-electron chi connectivity index (χ0n) is 9.51. The van der Waals surface area contributed by atoms with E-state index in [2.05, 4.69) is 23.8 Å². The van der Waals surface area contributed by atoms with Gasteiger partial charge in [-0.3, -0.25) is 0 Å². The second kappa shape index (κ2) is 4.93. The van der Waals surface area contributed by atoms with Gasteiger partial charge in [0.15, 0.2) is 5.69 Å². The molecule has 2 heterocycles. The van der Waals surface area contributed by atoms with Gasteiger partial charge in [-0.2, -0.15) is 0 Å². The van der Waals surface area contributed by atoms with Crippen molar-refractivity contribution in [3.8, 4) is 0 Å². The molecule has 0 atom stereocenters. The molecule has 0 amide bonds. The van der Waals surface area contributed by atoms with Gasteiger partial charge in [0, 0.05) is 10.8 Å². The molecule has 1 N–H and O–H groups in total. The first-order valence-electron chi connectivity index (χ1n) is 5.18. The molecule has 0 radical (unpaired) electrons. The summed E-state index contributed by atoms with van der Waals surface area (Å²) in [6.07, 6.45) is 0.620. The van der Waals surface area contributed by atoms with Crippen molar-refractivity contribution in [1.29, 1.82) is 0 Å². The Morgan fingerprint density at radius 2 is 1.94 bits per heavy atom. The van der Waals surface area contributed by atoms with Crippen molar-refractivity contribution in [2.45, 2.75) is 26.2 Å². The van der Waals surface area contributed by atoms with Crippen molar-refractivity contribution < 1.29 is 9.90 Å². The van der Waals surface area contributed by atoms with Crippen molar-refractivity contribution in [3.05, 3.63) is 32.2 Å². The van der Waals surface area contributed by atoms with E-state index in [0.29, 0.717) is 12.3 Å². The maximum absolute atomic E-state index is 10.7. The van der Waals surface area contributed by atoms with Crippen molar-refractivity contribution in [2.75, 3.05) is 0 Å². The molecular formula is C11H12N2O2S2. The first kappa shape index (κ1) is 12.2. The van der Waals surface area contributed by atoms with E-state index in [4.69, 9.17) is 5.11 Å². The lowest BCUT2D eigenvalue weighted by atomic mass is 10.2.